The minimum atomic E-state index is -0.647. The number of nitrogens with one attached hydrogen (secondary N) is 1. The van der Waals surface area contributed by atoms with Gasteiger partial charge in [0, 0.05) is 23.3 Å². The van der Waals surface area contributed by atoms with Gasteiger partial charge < -0.3 is 9.72 Å². The molecule has 0 aliphatic carbocycles. The molecule has 0 saturated heterocycles. The quantitative estimate of drug-likeness (QED) is 0.480. The standard InChI is InChI=1S/C12H9N3O2/c1-17-12(16)8(6-13)5-9-7-15-11-10(9)3-2-4-14-11/h2-5,7H,1H3,(H,14,15)/b8-5+. The van der Waals surface area contributed by atoms with Gasteiger partial charge in [-0.3, -0.25) is 0 Å². The van der Waals surface area contributed by atoms with Gasteiger partial charge in [-0.05, 0) is 18.2 Å². The van der Waals surface area contributed by atoms with Gasteiger partial charge in [0.25, 0.3) is 0 Å². The lowest BCUT2D eigenvalue weighted by atomic mass is 10.1. The van der Waals surface area contributed by atoms with E-state index in [4.69, 9.17) is 5.26 Å². The Hall–Kier alpha value is -2.61. The molecule has 0 aliphatic heterocycles. The van der Waals surface area contributed by atoms with Gasteiger partial charge in [0.1, 0.15) is 17.3 Å². The third-order valence-electron chi connectivity index (χ3n) is 2.31. The molecular formula is C12H9N3O2. The van der Waals surface area contributed by atoms with Crippen molar-refractivity contribution in [2.75, 3.05) is 7.11 Å². The normalized spacial score (nSPS) is 11.2. The van der Waals surface area contributed by atoms with E-state index in [-0.39, 0.29) is 5.57 Å². The third-order valence-corrected chi connectivity index (χ3v) is 2.31. The number of nitrogens with zero attached hydrogens (tertiary/aromatic N) is 2. The third kappa shape index (κ3) is 2.01. The van der Waals surface area contributed by atoms with E-state index >= 15 is 0 Å². The summed E-state index contributed by atoms with van der Waals surface area (Å²) in [6.45, 7) is 0. The molecule has 2 rings (SSSR count). The van der Waals surface area contributed by atoms with Gasteiger partial charge in [-0.15, -0.1) is 0 Å². The summed E-state index contributed by atoms with van der Waals surface area (Å²) in [5, 5.41) is 9.70. The summed E-state index contributed by atoms with van der Waals surface area (Å²) in [7, 11) is 1.24. The molecule has 0 saturated carbocycles. The van der Waals surface area contributed by atoms with E-state index < -0.39 is 5.97 Å². The van der Waals surface area contributed by atoms with E-state index in [0.29, 0.717) is 5.65 Å². The van der Waals surface area contributed by atoms with E-state index in [1.807, 2.05) is 12.1 Å². The number of hydrogen-bond acceptors (Lipinski definition) is 4. The number of fused-ring (bicyclic) bond motifs is 1. The molecule has 5 nitrogen and oxygen atoms in total. The van der Waals surface area contributed by atoms with Crippen LogP contribution in [0.2, 0.25) is 0 Å². The minimum Gasteiger partial charge on any atom is -0.465 e. The van der Waals surface area contributed by atoms with E-state index in [0.717, 1.165) is 10.9 Å². The average Bonchev–Trinajstić information content (AvgIpc) is 2.78. The summed E-state index contributed by atoms with van der Waals surface area (Å²) in [5.41, 5.74) is 1.40. The highest BCUT2D eigenvalue weighted by molar-refractivity contribution is 6.00. The molecule has 2 aromatic heterocycles. The second-order valence-corrected chi connectivity index (χ2v) is 3.30. The van der Waals surface area contributed by atoms with Crippen LogP contribution in [-0.2, 0) is 9.53 Å². The van der Waals surface area contributed by atoms with Crippen molar-refractivity contribution in [1.29, 1.82) is 5.26 Å². The Morgan fingerprint density at radius 1 is 1.65 bits per heavy atom. The number of rotatable bonds is 2. The number of ether oxygens (including phenoxy) is 1. The van der Waals surface area contributed by atoms with Crippen molar-refractivity contribution in [3.05, 3.63) is 35.7 Å². The molecule has 0 unspecified atom stereocenters. The first-order valence-corrected chi connectivity index (χ1v) is 4.88. The molecule has 0 aromatic carbocycles. The van der Waals surface area contributed by atoms with Crippen molar-refractivity contribution >= 4 is 23.1 Å². The van der Waals surface area contributed by atoms with E-state index in [2.05, 4.69) is 14.7 Å². The van der Waals surface area contributed by atoms with Gasteiger partial charge in [-0.25, -0.2) is 9.78 Å². The fourth-order valence-electron chi connectivity index (χ4n) is 1.50. The summed E-state index contributed by atoms with van der Waals surface area (Å²) in [6.07, 6.45) is 4.84. The van der Waals surface area contributed by atoms with Gasteiger partial charge >= 0.3 is 5.97 Å². The number of nitriles is 1. The van der Waals surface area contributed by atoms with Crippen molar-refractivity contribution in [2.45, 2.75) is 0 Å². The van der Waals surface area contributed by atoms with Crippen LogP contribution in [0, 0.1) is 11.3 Å². The smallest absolute Gasteiger partial charge is 0.348 e. The number of esters is 1. The number of pyridine rings is 1. The molecule has 2 heterocycles. The molecular weight excluding hydrogens is 218 g/mol. The van der Waals surface area contributed by atoms with Crippen LogP contribution in [0.4, 0.5) is 0 Å². The highest BCUT2D eigenvalue weighted by Crippen LogP contribution is 2.18. The maximum atomic E-state index is 11.3. The van der Waals surface area contributed by atoms with Crippen LogP contribution in [0.5, 0.6) is 0 Å². The van der Waals surface area contributed by atoms with Gasteiger partial charge in [-0.2, -0.15) is 5.26 Å². The number of H-pyrrole nitrogens is 1. The van der Waals surface area contributed by atoms with Crippen molar-refractivity contribution in [1.82, 2.24) is 9.97 Å². The Kier molecular flexibility index (Phi) is 2.88. The maximum absolute atomic E-state index is 11.3. The highest BCUT2D eigenvalue weighted by Gasteiger charge is 2.10. The molecule has 0 bridgehead atoms. The molecule has 17 heavy (non-hydrogen) atoms. The van der Waals surface area contributed by atoms with Crippen molar-refractivity contribution < 1.29 is 9.53 Å². The molecule has 0 radical (unpaired) electrons. The zero-order valence-corrected chi connectivity index (χ0v) is 9.10. The number of hydrogen-bond donors (Lipinski definition) is 1. The molecule has 84 valence electrons. The lowest BCUT2D eigenvalue weighted by Gasteiger charge is -1.95. The number of methoxy groups -OCH3 is 1. The van der Waals surface area contributed by atoms with Crippen LogP contribution in [0.1, 0.15) is 5.56 Å². The first kappa shape index (κ1) is 10.9. The summed E-state index contributed by atoms with van der Waals surface area (Å²) >= 11 is 0. The van der Waals surface area contributed by atoms with Gasteiger partial charge in [0.2, 0.25) is 0 Å². The highest BCUT2D eigenvalue weighted by atomic mass is 16.5. The maximum Gasteiger partial charge on any atom is 0.348 e. The first-order valence-electron chi connectivity index (χ1n) is 4.88. The summed E-state index contributed by atoms with van der Waals surface area (Å²) in [6, 6.07) is 5.46. The summed E-state index contributed by atoms with van der Waals surface area (Å²) in [5.74, 6) is -0.647. The number of aromatic amines is 1. The Bertz CT molecular complexity index is 634. The predicted molar refractivity (Wildman–Crippen MR) is 61.7 cm³/mol. The molecule has 0 atom stereocenters. The van der Waals surface area contributed by atoms with Crippen LogP contribution < -0.4 is 0 Å². The number of carbonyl (C=O) groups excluding carboxylic acids is 1. The van der Waals surface area contributed by atoms with E-state index in [9.17, 15) is 4.79 Å². The number of aromatic nitrogens is 2. The molecule has 0 aliphatic rings. The monoisotopic (exact) mass is 227 g/mol. The molecule has 0 spiro atoms. The van der Waals surface area contributed by atoms with Crippen LogP contribution >= 0.6 is 0 Å². The van der Waals surface area contributed by atoms with Crippen molar-refractivity contribution in [3.8, 4) is 6.07 Å². The Morgan fingerprint density at radius 3 is 3.18 bits per heavy atom. The predicted octanol–water partition coefficient (Wildman–Crippen LogP) is 1.64. The van der Waals surface area contributed by atoms with E-state index in [1.165, 1.54) is 13.2 Å². The molecule has 0 fully saturated rings. The zero-order valence-electron chi connectivity index (χ0n) is 9.10. The Morgan fingerprint density at radius 2 is 2.47 bits per heavy atom. The topological polar surface area (TPSA) is 78.8 Å². The van der Waals surface area contributed by atoms with Crippen LogP contribution in [0.25, 0.3) is 17.1 Å². The Balaban J connectivity index is 2.51. The van der Waals surface area contributed by atoms with Gasteiger partial charge in [-0.1, -0.05) is 0 Å². The first-order chi connectivity index (χ1) is 8.26. The van der Waals surface area contributed by atoms with Crippen molar-refractivity contribution in [3.63, 3.8) is 0 Å². The van der Waals surface area contributed by atoms with E-state index in [1.54, 1.807) is 18.5 Å². The summed E-state index contributed by atoms with van der Waals surface area (Å²) in [4.78, 5) is 18.3. The summed E-state index contributed by atoms with van der Waals surface area (Å²) < 4.78 is 4.51. The van der Waals surface area contributed by atoms with Crippen LogP contribution in [0.15, 0.2) is 30.1 Å². The fraction of sp³-hybridized carbons (Fsp3) is 0.0833. The molecule has 2 aromatic rings. The average molecular weight is 227 g/mol. The second kappa shape index (κ2) is 4.49. The second-order valence-electron chi connectivity index (χ2n) is 3.30. The molecule has 0 amide bonds. The fourth-order valence-corrected chi connectivity index (χ4v) is 1.50. The lowest BCUT2D eigenvalue weighted by molar-refractivity contribution is -0.135. The molecule has 1 N–H and O–H groups in total. The molecule has 5 heteroatoms. The van der Waals surface area contributed by atoms with Gasteiger partial charge in [0.05, 0.1) is 7.11 Å². The minimum absolute atomic E-state index is 0.0442. The van der Waals surface area contributed by atoms with Crippen molar-refractivity contribution in [2.24, 2.45) is 0 Å². The number of carbonyl (C=O) groups is 1. The van der Waals surface area contributed by atoms with Gasteiger partial charge in [0.15, 0.2) is 0 Å². The van der Waals surface area contributed by atoms with Crippen LogP contribution in [-0.4, -0.2) is 23.0 Å². The Labute approximate surface area is 97.3 Å². The largest absolute Gasteiger partial charge is 0.465 e. The van der Waals surface area contributed by atoms with Crippen LogP contribution in [0.3, 0.4) is 0 Å². The SMILES string of the molecule is COC(=O)/C(C#N)=C/c1c[nH]c2ncccc12. The zero-order chi connectivity index (χ0) is 12.3. The lowest BCUT2D eigenvalue weighted by Crippen LogP contribution is -2.02.